The van der Waals surface area contributed by atoms with E-state index in [1.165, 1.54) is 18.5 Å². The first-order valence-electron chi connectivity index (χ1n) is 4.45. The summed E-state index contributed by atoms with van der Waals surface area (Å²) in [5.74, 6) is -1.92. The van der Waals surface area contributed by atoms with E-state index in [1.807, 2.05) is 0 Å². The minimum atomic E-state index is -1.48. The van der Waals surface area contributed by atoms with Gasteiger partial charge in [0.25, 0.3) is 5.78 Å². The average Bonchev–Trinajstić information content (AvgIpc) is 2.26. The van der Waals surface area contributed by atoms with Crippen LogP contribution in [0.2, 0.25) is 0 Å². The van der Waals surface area contributed by atoms with Crippen LogP contribution in [-0.4, -0.2) is 40.9 Å². The van der Waals surface area contributed by atoms with Gasteiger partial charge in [-0.25, -0.2) is 14.8 Å². The van der Waals surface area contributed by atoms with Gasteiger partial charge in [0, 0.05) is 32.1 Å². The Labute approximate surface area is 92.2 Å². The largest absolute Gasteiger partial charge is 0.475 e. The van der Waals surface area contributed by atoms with Crippen LogP contribution in [0.25, 0.3) is 6.08 Å². The summed E-state index contributed by atoms with van der Waals surface area (Å²) in [5.41, 5.74) is 0.570. The minimum absolute atomic E-state index is 0.543. The molecule has 0 radical (unpaired) electrons. The molecule has 0 saturated carbocycles. The number of nitrogens with zero attached hydrogens (tertiary/aromatic N) is 3. The summed E-state index contributed by atoms with van der Waals surface area (Å²) in [6.07, 6.45) is 5.34. The van der Waals surface area contributed by atoms with Crippen molar-refractivity contribution >= 4 is 23.8 Å². The van der Waals surface area contributed by atoms with Gasteiger partial charge in [0.1, 0.15) is 0 Å². The second kappa shape index (κ2) is 5.01. The van der Waals surface area contributed by atoms with E-state index in [1.54, 1.807) is 19.0 Å². The van der Waals surface area contributed by atoms with Gasteiger partial charge in [-0.3, -0.25) is 4.79 Å². The number of carbonyl (C=O) groups excluding carboxylic acids is 1. The molecule has 0 unspecified atom stereocenters. The molecule has 0 spiro atoms. The predicted octanol–water partition coefficient (Wildman–Crippen LogP) is 0.209. The molecule has 16 heavy (non-hydrogen) atoms. The van der Waals surface area contributed by atoms with E-state index in [-0.39, 0.29) is 0 Å². The second-order valence-corrected chi connectivity index (χ2v) is 3.21. The lowest BCUT2D eigenvalue weighted by Gasteiger charge is -2.08. The maximum absolute atomic E-state index is 10.8. The van der Waals surface area contributed by atoms with Crippen LogP contribution in [0.5, 0.6) is 0 Å². The van der Waals surface area contributed by atoms with Crippen molar-refractivity contribution < 1.29 is 14.7 Å². The molecular weight excluding hydrogens is 210 g/mol. The van der Waals surface area contributed by atoms with Crippen LogP contribution < -0.4 is 4.90 Å². The van der Waals surface area contributed by atoms with Crippen molar-refractivity contribution in [3.8, 4) is 0 Å². The van der Waals surface area contributed by atoms with Crippen molar-refractivity contribution in [1.82, 2.24) is 9.97 Å². The van der Waals surface area contributed by atoms with E-state index in [9.17, 15) is 9.59 Å². The highest BCUT2D eigenvalue weighted by Crippen LogP contribution is 2.04. The van der Waals surface area contributed by atoms with Crippen molar-refractivity contribution in [2.45, 2.75) is 0 Å². The maximum atomic E-state index is 10.8. The average molecular weight is 221 g/mol. The SMILES string of the molecule is CN(C)c1ncc(C=CC(=O)C(=O)O)cn1. The zero-order valence-corrected chi connectivity index (χ0v) is 8.91. The molecule has 0 aromatic carbocycles. The monoisotopic (exact) mass is 221 g/mol. The van der Waals surface area contributed by atoms with Crippen molar-refractivity contribution in [2.75, 3.05) is 19.0 Å². The Hall–Kier alpha value is -2.24. The highest BCUT2D eigenvalue weighted by Gasteiger charge is 2.05. The third kappa shape index (κ3) is 3.16. The van der Waals surface area contributed by atoms with Gasteiger partial charge in [-0.1, -0.05) is 0 Å². The molecule has 1 aromatic heterocycles. The molecule has 6 nitrogen and oxygen atoms in total. The highest BCUT2D eigenvalue weighted by molar-refractivity contribution is 6.38. The number of carbonyl (C=O) groups is 2. The van der Waals surface area contributed by atoms with E-state index in [4.69, 9.17) is 5.11 Å². The molecule has 0 atom stereocenters. The van der Waals surface area contributed by atoms with Gasteiger partial charge in [-0.05, 0) is 12.2 Å². The number of ketones is 1. The molecule has 0 fully saturated rings. The Morgan fingerprint density at radius 1 is 1.31 bits per heavy atom. The summed E-state index contributed by atoms with van der Waals surface area (Å²) < 4.78 is 0. The fourth-order valence-electron chi connectivity index (χ4n) is 0.891. The van der Waals surface area contributed by atoms with Crippen molar-refractivity contribution in [3.05, 3.63) is 24.0 Å². The molecule has 0 saturated heterocycles. The molecule has 6 heteroatoms. The van der Waals surface area contributed by atoms with Gasteiger partial charge >= 0.3 is 5.97 Å². The van der Waals surface area contributed by atoms with E-state index >= 15 is 0 Å². The maximum Gasteiger partial charge on any atom is 0.376 e. The Morgan fingerprint density at radius 3 is 2.31 bits per heavy atom. The van der Waals surface area contributed by atoms with Gasteiger partial charge in [0.2, 0.25) is 5.95 Å². The van der Waals surface area contributed by atoms with Gasteiger partial charge in [0.05, 0.1) is 0 Å². The Bertz CT molecular complexity index is 423. The molecule has 0 aliphatic heterocycles. The Balaban J connectivity index is 2.76. The number of hydrogen-bond donors (Lipinski definition) is 1. The molecule has 0 bridgehead atoms. The number of carboxylic acids is 1. The summed E-state index contributed by atoms with van der Waals surface area (Å²) in [6, 6.07) is 0. The second-order valence-electron chi connectivity index (χ2n) is 3.21. The molecule has 1 N–H and O–H groups in total. The van der Waals surface area contributed by atoms with E-state index in [2.05, 4.69) is 9.97 Å². The highest BCUT2D eigenvalue weighted by atomic mass is 16.4. The number of aliphatic carboxylic acids is 1. The number of anilines is 1. The van der Waals surface area contributed by atoms with Crippen LogP contribution in [0.15, 0.2) is 18.5 Å². The van der Waals surface area contributed by atoms with Crippen molar-refractivity contribution in [2.24, 2.45) is 0 Å². The zero-order valence-electron chi connectivity index (χ0n) is 8.91. The van der Waals surface area contributed by atoms with Crippen LogP contribution in [0.1, 0.15) is 5.56 Å². The van der Waals surface area contributed by atoms with Gasteiger partial charge < -0.3 is 10.0 Å². The first-order chi connectivity index (χ1) is 7.50. The molecule has 0 aliphatic rings. The zero-order chi connectivity index (χ0) is 12.1. The molecule has 84 valence electrons. The predicted molar refractivity (Wildman–Crippen MR) is 58.0 cm³/mol. The summed E-state index contributed by atoms with van der Waals surface area (Å²) in [7, 11) is 3.61. The first-order valence-corrected chi connectivity index (χ1v) is 4.45. The number of rotatable bonds is 4. The van der Waals surface area contributed by atoms with Crippen LogP contribution in [0.4, 0.5) is 5.95 Å². The summed E-state index contributed by atoms with van der Waals surface area (Å²) in [6.45, 7) is 0. The number of carboxylic acid groups (broad SMARTS) is 1. The van der Waals surface area contributed by atoms with Gasteiger partial charge in [-0.15, -0.1) is 0 Å². The summed E-state index contributed by atoms with van der Waals surface area (Å²) in [4.78, 5) is 30.7. The van der Waals surface area contributed by atoms with Crippen LogP contribution in [-0.2, 0) is 9.59 Å². The van der Waals surface area contributed by atoms with Crippen LogP contribution in [0, 0.1) is 0 Å². The lowest BCUT2D eigenvalue weighted by molar-refractivity contribution is -0.146. The smallest absolute Gasteiger partial charge is 0.376 e. The van der Waals surface area contributed by atoms with Crippen LogP contribution >= 0.6 is 0 Å². The van der Waals surface area contributed by atoms with Gasteiger partial charge in [-0.2, -0.15) is 0 Å². The summed E-state index contributed by atoms with van der Waals surface area (Å²) in [5, 5.41) is 8.34. The number of aromatic nitrogens is 2. The van der Waals surface area contributed by atoms with Crippen LogP contribution in [0.3, 0.4) is 0 Å². The number of hydrogen-bond acceptors (Lipinski definition) is 5. The fourth-order valence-corrected chi connectivity index (χ4v) is 0.891. The third-order valence-corrected chi connectivity index (χ3v) is 1.70. The third-order valence-electron chi connectivity index (χ3n) is 1.70. The standard InChI is InChI=1S/C10H11N3O3/c1-13(2)10-11-5-7(6-12-10)3-4-8(14)9(15)16/h3-6H,1-2H3,(H,15,16). The fraction of sp³-hybridized carbons (Fsp3) is 0.200. The lowest BCUT2D eigenvalue weighted by atomic mass is 10.2. The normalized spacial score (nSPS) is 10.4. The van der Waals surface area contributed by atoms with Crippen molar-refractivity contribution in [1.29, 1.82) is 0 Å². The molecule has 0 amide bonds. The Kier molecular flexibility index (Phi) is 3.71. The topological polar surface area (TPSA) is 83.4 Å². The molecular formula is C10H11N3O3. The van der Waals surface area contributed by atoms with E-state index < -0.39 is 11.8 Å². The Morgan fingerprint density at radius 2 is 1.88 bits per heavy atom. The lowest BCUT2D eigenvalue weighted by Crippen LogP contribution is -2.12. The van der Waals surface area contributed by atoms with E-state index in [0.717, 1.165) is 6.08 Å². The molecule has 1 rings (SSSR count). The molecule has 1 heterocycles. The minimum Gasteiger partial charge on any atom is -0.475 e. The molecule has 0 aliphatic carbocycles. The summed E-state index contributed by atoms with van der Waals surface area (Å²) >= 11 is 0. The van der Waals surface area contributed by atoms with Gasteiger partial charge in [0.15, 0.2) is 0 Å². The first kappa shape index (κ1) is 11.8. The van der Waals surface area contributed by atoms with E-state index in [0.29, 0.717) is 11.5 Å². The van der Waals surface area contributed by atoms with Crippen molar-refractivity contribution in [3.63, 3.8) is 0 Å². The quantitative estimate of drug-likeness (QED) is 0.578. The molecule has 1 aromatic rings.